The van der Waals surface area contributed by atoms with Crippen molar-refractivity contribution in [1.82, 2.24) is 15.3 Å². The molecule has 0 saturated heterocycles. The molecule has 0 radical (unpaired) electrons. The molecule has 2 aromatic carbocycles. The van der Waals surface area contributed by atoms with E-state index in [-0.39, 0.29) is 5.91 Å². The minimum atomic E-state index is -0.0952. The van der Waals surface area contributed by atoms with Crippen molar-refractivity contribution in [2.45, 2.75) is 18.4 Å². The molecular weight excluding hydrogens is 402 g/mol. The minimum Gasteiger partial charge on any atom is -0.346 e. The van der Waals surface area contributed by atoms with Gasteiger partial charge in [0, 0.05) is 29.0 Å². The van der Waals surface area contributed by atoms with E-state index in [4.69, 9.17) is 0 Å². The fraction of sp³-hybridized carbons (Fsp3) is 0.115. The van der Waals surface area contributed by atoms with Crippen molar-refractivity contribution >= 4 is 17.7 Å². The van der Waals surface area contributed by atoms with E-state index in [9.17, 15) is 4.79 Å². The molecule has 1 amide bonds. The van der Waals surface area contributed by atoms with E-state index in [1.54, 1.807) is 30.4 Å². The number of thioether (sulfide) groups is 1. The lowest BCUT2D eigenvalue weighted by Gasteiger charge is -2.10. The van der Waals surface area contributed by atoms with Crippen LogP contribution in [0, 0.1) is 6.92 Å². The topological polar surface area (TPSA) is 54.9 Å². The first-order chi connectivity index (χ1) is 15.1. The van der Waals surface area contributed by atoms with Crippen LogP contribution in [0.4, 0.5) is 0 Å². The Balaban J connectivity index is 1.50. The Kier molecular flexibility index (Phi) is 6.43. The van der Waals surface area contributed by atoms with Crippen LogP contribution in [-0.2, 0) is 6.54 Å². The lowest BCUT2D eigenvalue weighted by Crippen LogP contribution is -2.23. The largest absolute Gasteiger partial charge is 0.346 e. The zero-order valence-corrected chi connectivity index (χ0v) is 18.3. The Morgan fingerprint density at radius 3 is 2.35 bits per heavy atom. The van der Waals surface area contributed by atoms with Crippen LogP contribution in [0.5, 0.6) is 0 Å². The maximum absolute atomic E-state index is 12.6. The van der Waals surface area contributed by atoms with Crippen LogP contribution in [0.2, 0.25) is 0 Å². The van der Waals surface area contributed by atoms with Gasteiger partial charge in [-0.2, -0.15) is 0 Å². The second kappa shape index (κ2) is 9.58. The van der Waals surface area contributed by atoms with Crippen LogP contribution in [-0.4, -0.2) is 22.1 Å². The van der Waals surface area contributed by atoms with Gasteiger partial charge in [-0.05, 0) is 83.5 Å². The summed E-state index contributed by atoms with van der Waals surface area (Å²) >= 11 is 1.64. The minimum absolute atomic E-state index is 0.0952. The Bertz CT molecular complexity index is 1210. The highest BCUT2D eigenvalue weighted by molar-refractivity contribution is 7.98. The van der Waals surface area contributed by atoms with Gasteiger partial charge in [-0.25, -0.2) is 0 Å². The van der Waals surface area contributed by atoms with Crippen molar-refractivity contribution in [3.8, 4) is 22.3 Å². The first-order valence-electron chi connectivity index (χ1n) is 10.0. The molecule has 2 heterocycles. The molecule has 4 rings (SSSR count). The molecule has 31 heavy (non-hydrogen) atoms. The smallest absolute Gasteiger partial charge is 0.251 e. The molecule has 0 spiro atoms. The Morgan fingerprint density at radius 2 is 1.58 bits per heavy atom. The first kappa shape index (κ1) is 20.8. The van der Waals surface area contributed by atoms with E-state index in [1.807, 2.05) is 61.7 Å². The Labute approximate surface area is 186 Å². The molecule has 0 aliphatic heterocycles. The van der Waals surface area contributed by atoms with Gasteiger partial charge in [-0.15, -0.1) is 11.8 Å². The molecule has 1 N–H and O–H groups in total. The van der Waals surface area contributed by atoms with E-state index in [0.29, 0.717) is 12.1 Å². The fourth-order valence-electron chi connectivity index (χ4n) is 3.41. The predicted molar refractivity (Wildman–Crippen MR) is 127 cm³/mol. The van der Waals surface area contributed by atoms with Crippen LogP contribution >= 0.6 is 11.8 Å². The van der Waals surface area contributed by atoms with Gasteiger partial charge in [0.2, 0.25) is 0 Å². The first-order valence-corrected chi connectivity index (χ1v) is 11.2. The lowest BCUT2D eigenvalue weighted by atomic mass is 10.00. The van der Waals surface area contributed by atoms with Crippen molar-refractivity contribution in [2.24, 2.45) is 0 Å². The number of carbonyl (C=O) groups excluding carboxylic acids is 1. The number of aromatic nitrogens is 2. The van der Waals surface area contributed by atoms with Gasteiger partial charge in [0.15, 0.2) is 0 Å². The number of nitrogens with one attached hydrogen (secondary N) is 1. The molecule has 0 aliphatic carbocycles. The summed E-state index contributed by atoms with van der Waals surface area (Å²) in [5.74, 6) is -0.0952. The standard InChI is InChI=1S/C26H23N3OS/c1-18-6-7-23(16-25(18)31-2)26(30)29-17-24-15-22(10-13-28-24)21-5-3-4-20(14-21)19-8-11-27-12-9-19/h3-16H,17H2,1-2H3,(H,29,30). The van der Waals surface area contributed by atoms with Gasteiger partial charge in [0.05, 0.1) is 12.2 Å². The van der Waals surface area contributed by atoms with Crippen LogP contribution in [0.25, 0.3) is 22.3 Å². The van der Waals surface area contributed by atoms with E-state index in [1.165, 1.54) is 5.56 Å². The number of pyridine rings is 2. The Morgan fingerprint density at radius 1 is 0.871 bits per heavy atom. The molecule has 0 unspecified atom stereocenters. The summed E-state index contributed by atoms with van der Waals surface area (Å²) in [5.41, 5.74) is 7.08. The summed E-state index contributed by atoms with van der Waals surface area (Å²) in [4.78, 5) is 22.2. The number of hydrogen-bond acceptors (Lipinski definition) is 4. The second-order valence-corrected chi connectivity index (χ2v) is 8.07. The summed E-state index contributed by atoms with van der Waals surface area (Å²) in [7, 11) is 0. The SMILES string of the molecule is CSc1cc(C(=O)NCc2cc(-c3cccc(-c4ccncc4)c3)ccn2)ccc1C. The zero-order valence-electron chi connectivity index (χ0n) is 17.5. The molecule has 0 saturated carbocycles. The van der Waals surface area contributed by atoms with Crippen molar-refractivity contribution in [2.75, 3.05) is 6.26 Å². The monoisotopic (exact) mass is 425 g/mol. The average molecular weight is 426 g/mol. The normalized spacial score (nSPS) is 10.6. The number of aryl methyl sites for hydroxylation is 1. The third-order valence-electron chi connectivity index (χ3n) is 5.13. The number of amides is 1. The number of hydrogen-bond donors (Lipinski definition) is 1. The van der Waals surface area contributed by atoms with Crippen molar-refractivity contribution in [3.05, 3.63) is 102 Å². The molecule has 2 aromatic heterocycles. The summed E-state index contributed by atoms with van der Waals surface area (Å²) in [6.45, 7) is 2.42. The number of benzene rings is 2. The van der Waals surface area contributed by atoms with E-state index >= 15 is 0 Å². The van der Waals surface area contributed by atoms with Gasteiger partial charge in [-0.3, -0.25) is 14.8 Å². The van der Waals surface area contributed by atoms with Crippen molar-refractivity contribution in [1.29, 1.82) is 0 Å². The molecule has 4 aromatic rings. The molecule has 0 fully saturated rings. The zero-order chi connectivity index (χ0) is 21.6. The number of nitrogens with zero attached hydrogens (tertiary/aromatic N) is 2. The highest BCUT2D eigenvalue weighted by Gasteiger charge is 2.09. The third-order valence-corrected chi connectivity index (χ3v) is 6.01. The van der Waals surface area contributed by atoms with E-state index < -0.39 is 0 Å². The van der Waals surface area contributed by atoms with Crippen LogP contribution in [0.3, 0.4) is 0 Å². The summed E-state index contributed by atoms with van der Waals surface area (Å²) in [6, 6.07) is 22.2. The van der Waals surface area contributed by atoms with Gasteiger partial charge >= 0.3 is 0 Å². The van der Waals surface area contributed by atoms with Gasteiger partial charge in [0.1, 0.15) is 0 Å². The quantitative estimate of drug-likeness (QED) is 0.398. The molecular formula is C26H23N3OS. The Hall–Kier alpha value is -3.44. The molecule has 154 valence electrons. The van der Waals surface area contributed by atoms with Crippen LogP contribution < -0.4 is 5.32 Å². The van der Waals surface area contributed by atoms with E-state index in [0.717, 1.165) is 32.8 Å². The molecule has 5 heteroatoms. The average Bonchev–Trinajstić information content (AvgIpc) is 2.83. The second-order valence-electron chi connectivity index (χ2n) is 7.22. The van der Waals surface area contributed by atoms with Crippen molar-refractivity contribution in [3.63, 3.8) is 0 Å². The predicted octanol–water partition coefficient (Wildman–Crippen LogP) is 5.77. The highest BCUT2D eigenvalue weighted by atomic mass is 32.2. The van der Waals surface area contributed by atoms with Crippen molar-refractivity contribution < 1.29 is 4.79 Å². The van der Waals surface area contributed by atoms with Gasteiger partial charge in [0.25, 0.3) is 5.91 Å². The third kappa shape index (κ3) is 5.01. The maximum atomic E-state index is 12.6. The summed E-state index contributed by atoms with van der Waals surface area (Å²) in [5, 5.41) is 2.98. The summed E-state index contributed by atoms with van der Waals surface area (Å²) < 4.78 is 0. The maximum Gasteiger partial charge on any atom is 0.251 e. The molecule has 0 aliphatic rings. The van der Waals surface area contributed by atoms with Crippen LogP contribution in [0.1, 0.15) is 21.6 Å². The van der Waals surface area contributed by atoms with Gasteiger partial charge < -0.3 is 5.32 Å². The molecule has 0 bridgehead atoms. The highest BCUT2D eigenvalue weighted by Crippen LogP contribution is 2.26. The number of rotatable bonds is 6. The molecule has 0 atom stereocenters. The lowest BCUT2D eigenvalue weighted by molar-refractivity contribution is 0.0950. The van der Waals surface area contributed by atoms with Crippen LogP contribution in [0.15, 0.2) is 90.2 Å². The fourth-order valence-corrected chi connectivity index (χ4v) is 4.05. The van der Waals surface area contributed by atoms with Gasteiger partial charge in [-0.1, -0.05) is 24.3 Å². The summed E-state index contributed by atoms with van der Waals surface area (Å²) in [6.07, 6.45) is 7.40. The molecule has 4 nitrogen and oxygen atoms in total. The number of carbonyl (C=O) groups is 1. The van der Waals surface area contributed by atoms with E-state index in [2.05, 4.69) is 33.5 Å².